The normalized spacial score (nSPS) is 11.5. The average Bonchev–Trinajstić information content (AvgIpc) is 2.08. The molecule has 1 aromatic rings. The van der Waals surface area contributed by atoms with Crippen molar-refractivity contribution in [3.63, 3.8) is 0 Å². The van der Waals surface area contributed by atoms with Crippen LogP contribution >= 0.6 is 11.6 Å². The highest BCUT2D eigenvalue weighted by atomic mass is 35.5. The number of hydrogen-bond donors (Lipinski definition) is 0. The largest absolute Gasteiger partial charge is 0.0958 e. The van der Waals surface area contributed by atoms with E-state index >= 15 is 0 Å². The van der Waals surface area contributed by atoms with E-state index in [0.717, 1.165) is 16.2 Å². The van der Waals surface area contributed by atoms with Gasteiger partial charge >= 0.3 is 0 Å². The second-order valence-electron chi connectivity index (χ2n) is 3.16. The lowest BCUT2D eigenvalue weighted by Crippen LogP contribution is -1.77. The molecule has 68 valence electrons. The van der Waals surface area contributed by atoms with E-state index in [1.54, 1.807) is 0 Å². The van der Waals surface area contributed by atoms with E-state index in [9.17, 15) is 0 Å². The molecule has 1 rings (SSSR count). The van der Waals surface area contributed by atoms with E-state index in [1.807, 2.05) is 31.2 Å². The SMILES string of the molecule is C=C(C)/C(C)=C/c1ccc(Cl)cc1. The molecule has 0 aliphatic rings. The summed E-state index contributed by atoms with van der Waals surface area (Å²) in [6.45, 7) is 7.93. The zero-order chi connectivity index (χ0) is 9.84. The quantitative estimate of drug-likeness (QED) is 0.613. The molecule has 0 aliphatic heterocycles. The highest BCUT2D eigenvalue weighted by molar-refractivity contribution is 6.30. The molecule has 0 amide bonds. The van der Waals surface area contributed by atoms with Crippen molar-refractivity contribution in [2.24, 2.45) is 0 Å². The minimum atomic E-state index is 0.769. The van der Waals surface area contributed by atoms with E-state index < -0.39 is 0 Å². The third kappa shape index (κ3) is 3.08. The highest BCUT2D eigenvalue weighted by Gasteiger charge is 1.91. The minimum absolute atomic E-state index is 0.769. The zero-order valence-corrected chi connectivity index (χ0v) is 8.73. The Morgan fingerprint density at radius 3 is 2.23 bits per heavy atom. The van der Waals surface area contributed by atoms with Crippen molar-refractivity contribution in [2.45, 2.75) is 13.8 Å². The standard InChI is InChI=1S/C12H13Cl/c1-9(2)10(3)8-11-4-6-12(13)7-5-11/h4-8H,1H2,2-3H3/b10-8+. The van der Waals surface area contributed by atoms with Crippen molar-refractivity contribution >= 4 is 17.7 Å². The molecule has 0 nitrogen and oxygen atoms in total. The Hall–Kier alpha value is -1.01. The molecule has 1 aromatic carbocycles. The first kappa shape index (κ1) is 10.1. The van der Waals surface area contributed by atoms with E-state index in [0.29, 0.717) is 0 Å². The molecule has 0 unspecified atom stereocenters. The maximum Gasteiger partial charge on any atom is 0.0406 e. The van der Waals surface area contributed by atoms with Crippen molar-refractivity contribution in [1.29, 1.82) is 0 Å². The Morgan fingerprint density at radius 2 is 1.77 bits per heavy atom. The van der Waals surface area contributed by atoms with Gasteiger partial charge in [-0.15, -0.1) is 0 Å². The lowest BCUT2D eigenvalue weighted by Gasteiger charge is -1.99. The summed E-state index contributed by atoms with van der Waals surface area (Å²) >= 11 is 5.77. The molecule has 13 heavy (non-hydrogen) atoms. The molecule has 0 aliphatic carbocycles. The van der Waals surface area contributed by atoms with Gasteiger partial charge in [0.1, 0.15) is 0 Å². The molecule has 0 N–H and O–H groups in total. The van der Waals surface area contributed by atoms with Crippen molar-refractivity contribution in [3.05, 3.63) is 52.6 Å². The van der Waals surface area contributed by atoms with Crippen molar-refractivity contribution in [3.8, 4) is 0 Å². The molecule has 0 radical (unpaired) electrons. The summed E-state index contributed by atoms with van der Waals surface area (Å²) < 4.78 is 0. The van der Waals surface area contributed by atoms with Gasteiger partial charge in [0.2, 0.25) is 0 Å². The molecule has 0 heterocycles. The Balaban J connectivity index is 2.92. The maximum absolute atomic E-state index is 5.77. The van der Waals surface area contributed by atoms with Gasteiger partial charge in [0, 0.05) is 5.02 Å². The van der Waals surface area contributed by atoms with Gasteiger partial charge in [-0.3, -0.25) is 0 Å². The summed E-state index contributed by atoms with van der Waals surface area (Å²) in [5.74, 6) is 0. The second-order valence-corrected chi connectivity index (χ2v) is 3.60. The third-order valence-corrected chi connectivity index (χ3v) is 2.18. The molecule has 0 bridgehead atoms. The van der Waals surface area contributed by atoms with Crippen LogP contribution in [0.4, 0.5) is 0 Å². The number of allylic oxidation sites excluding steroid dienone is 2. The van der Waals surface area contributed by atoms with E-state index in [2.05, 4.69) is 19.6 Å². The Bertz CT molecular complexity index is 331. The first-order valence-corrected chi connectivity index (χ1v) is 4.57. The van der Waals surface area contributed by atoms with Crippen LogP contribution in [-0.2, 0) is 0 Å². The second kappa shape index (κ2) is 4.29. The fourth-order valence-corrected chi connectivity index (χ4v) is 1.06. The first-order valence-electron chi connectivity index (χ1n) is 4.19. The first-order chi connectivity index (χ1) is 6.09. The van der Waals surface area contributed by atoms with Crippen molar-refractivity contribution < 1.29 is 0 Å². The maximum atomic E-state index is 5.77. The summed E-state index contributed by atoms with van der Waals surface area (Å²) in [6.07, 6.45) is 2.10. The van der Waals surface area contributed by atoms with Crippen LogP contribution in [0.1, 0.15) is 19.4 Å². The van der Waals surface area contributed by atoms with Gasteiger partial charge in [-0.25, -0.2) is 0 Å². The summed E-state index contributed by atoms with van der Waals surface area (Å²) in [5, 5.41) is 0.769. The van der Waals surface area contributed by atoms with Gasteiger partial charge in [-0.05, 0) is 37.1 Å². The summed E-state index contributed by atoms with van der Waals surface area (Å²) in [4.78, 5) is 0. The van der Waals surface area contributed by atoms with Crippen molar-refractivity contribution in [2.75, 3.05) is 0 Å². The smallest absolute Gasteiger partial charge is 0.0406 e. The highest BCUT2D eigenvalue weighted by Crippen LogP contribution is 2.14. The Kier molecular flexibility index (Phi) is 3.32. The van der Waals surface area contributed by atoms with Crippen LogP contribution in [0.3, 0.4) is 0 Å². The molecule has 0 aromatic heterocycles. The number of benzene rings is 1. The van der Waals surface area contributed by atoms with Gasteiger partial charge in [0.25, 0.3) is 0 Å². The predicted molar refractivity (Wildman–Crippen MR) is 59.9 cm³/mol. The van der Waals surface area contributed by atoms with Gasteiger partial charge in [0.15, 0.2) is 0 Å². The molecule has 0 fully saturated rings. The van der Waals surface area contributed by atoms with Crippen LogP contribution in [-0.4, -0.2) is 0 Å². The molecule has 1 heteroatoms. The summed E-state index contributed by atoms with van der Waals surface area (Å²) in [6, 6.07) is 7.77. The van der Waals surface area contributed by atoms with Gasteiger partial charge in [-0.1, -0.05) is 42.0 Å². The average molecular weight is 193 g/mol. The van der Waals surface area contributed by atoms with Crippen LogP contribution in [0.25, 0.3) is 6.08 Å². The van der Waals surface area contributed by atoms with Crippen LogP contribution in [0.15, 0.2) is 42.0 Å². The number of halogens is 1. The summed E-state index contributed by atoms with van der Waals surface area (Å²) in [5.41, 5.74) is 3.45. The van der Waals surface area contributed by atoms with Crippen LogP contribution in [0.5, 0.6) is 0 Å². The van der Waals surface area contributed by atoms with Gasteiger partial charge in [0.05, 0.1) is 0 Å². The fraction of sp³-hybridized carbons (Fsp3) is 0.167. The Morgan fingerprint density at radius 1 is 1.23 bits per heavy atom. The Labute approximate surface area is 84.5 Å². The van der Waals surface area contributed by atoms with Crippen LogP contribution in [0.2, 0.25) is 5.02 Å². The van der Waals surface area contributed by atoms with Crippen LogP contribution in [0, 0.1) is 0 Å². The van der Waals surface area contributed by atoms with E-state index in [-0.39, 0.29) is 0 Å². The van der Waals surface area contributed by atoms with Crippen LogP contribution < -0.4 is 0 Å². The van der Waals surface area contributed by atoms with Gasteiger partial charge < -0.3 is 0 Å². The van der Waals surface area contributed by atoms with E-state index in [1.165, 1.54) is 5.57 Å². The van der Waals surface area contributed by atoms with Gasteiger partial charge in [-0.2, -0.15) is 0 Å². The lowest BCUT2D eigenvalue weighted by atomic mass is 10.1. The zero-order valence-electron chi connectivity index (χ0n) is 7.97. The molecule has 0 saturated carbocycles. The molecule has 0 spiro atoms. The minimum Gasteiger partial charge on any atom is -0.0958 e. The number of rotatable bonds is 2. The predicted octanol–water partition coefficient (Wildman–Crippen LogP) is 4.32. The topological polar surface area (TPSA) is 0 Å². The molecular formula is C12H13Cl. The summed E-state index contributed by atoms with van der Waals surface area (Å²) in [7, 11) is 0. The molecule has 0 atom stereocenters. The molecular weight excluding hydrogens is 180 g/mol. The lowest BCUT2D eigenvalue weighted by molar-refractivity contribution is 1.38. The van der Waals surface area contributed by atoms with Crippen molar-refractivity contribution in [1.82, 2.24) is 0 Å². The fourth-order valence-electron chi connectivity index (χ4n) is 0.932. The monoisotopic (exact) mass is 192 g/mol. The van der Waals surface area contributed by atoms with E-state index in [4.69, 9.17) is 11.6 Å². The third-order valence-electron chi connectivity index (χ3n) is 1.93. The number of hydrogen-bond acceptors (Lipinski definition) is 0. The molecule has 0 saturated heterocycles.